The number of rotatable bonds is 2. The molecule has 0 radical (unpaired) electrons. The molecule has 1 saturated heterocycles. The summed E-state index contributed by atoms with van der Waals surface area (Å²) in [5.74, 6) is -2.92. The Bertz CT molecular complexity index is 397. The Morgan fingerprint density at radius 3 is 2.58 bits per heavy atom. The summed E-state index contributed by atoms with van der Waals surface area (Å²) in [7, 11) is 0. The van der Waals surface area contributed by atoms with Crippen molar-refractivity contribution < 1.29 is 29.0 Å². The average molecular weight is 273 g/mol. The Morgan fingerprint density at radius 1 is 1.32 bits per heavy atom. The molecular weight excluding hydrogens is 258 g/mol. The van der Waals surface area contributed by atoms with E-state index in [2.05, 4.69) is 4.74 Å². The number of hydrazine groups is 1. The summed E-state index contributed by atoms with van der Waals surface area (Å²) >= 11 is 0. The number of carbonyl (C=O) groups is 4. The number of likely N-dealkylation sites (tertiary alicyclic amines) is 1. The third-order valence-electron chi connectivity index (χ3n) is 2.56. The molecule has 0 aliphatic carbocycles. The summed E-state index contributed by atoms with van der Waals surface area (Å²) in [4.78, 5) is 45.6. The number of esters is 1. The second-order valence-electron chi connectivity index (χ2n) is 3.80. The first-order valence-electron chi connectivity index (χ1n) is 5.73. The van der Waals surface area contributed by atoms with Crippen LogP contribution in [0.2, 0.25) is 0 Å². The van der Waals surface area contributed by atoms with Gasteiger partial charge in [-0.2, -0.15) is 0 Å². The molecule has 9 heteroatoms. The van der Waals surface area contributed by atoms with Crippen molar-refractivity contribution in [1.82, 2.24) is 15.8 Å². The van der Waals surface area contributed by atoms with E-state index in [1.807, 2.05) is 10.9 Å². The first kappa shape index (κ1) is 14.7. The Hall–Kier alpha value is -2.32. The van der Waals surface area contributed by atoms with Crippen molar-refractivity contribution in [2.75, 3.05) is 13.2 Å². The fourth-order valence-electron chi connectivity index (χ4n) is 1.72. The average Bonchev–Trinajstić information content (AvgIpc) is 2.85. The molecule has 0 spiro atoms. The lowest BCUT2D eigenvalue weighted by Crippen LogP contribution is -2.52. The maximum absolute atomic E-state index is 11.7. The highest BCUT2D eigenvalue weighted by atomic mass is 16.5. The number of hydrogen-bond donors (Lipinski definition) is 3. The van der Waals surface area contributed by atoms with E-state index in [0.717, 1.165) is 4.90 Å². The van der Waals surface area contributed by atoms with Gasteiger partial charge in [0, 0.05) is 6.54 Å². The highest BCUT2D eigenvalue weighted by molar-refractivity contribution is 6.32. The van der Waals surface area contributed by atoms with Gasteiger partial charge in [0.05, 0.1) is 6.61 Å². The molecule has 0 saturated carbocycles. The van der Waals surface area contributed by atoms with Gasteiger partial charge >= 0.3 is 18.0 Å². The zero-order valence-electron chi connectivity index (χ0n) is 10.3. The third kappa shape index (κ3) is 3.83. The number of carbonyl (C=O) groups excluding carboxylic acids is 3. The molecule has 3 N–H and O–H groups in total. The number of hydrogen-bond acceptors (Lipinski definition) is 5. The van der Waals surface area contributed by atoms with Crippen LogP contribution in [0, 0.1) is 0 Å². The first-order valence-corrected chi connectivity index (χ1v) is 5.73. The molecule has 0 aromatic carbocycles. The van der Waals surface area contributed by atoms with Crippen LogP contribution in [-0.4, -0.2) is 53.1 Å². The molecule has 0 aromatic rings. The fourth-order valence-corrected chi connectivity index (χ4v) is 1.72. The summed E-state index contributed by atoms with van der Waals surface area (Å²) in [6.45, 7) is 1.84. The van der Waals surface area contributed by atoms with E-state index in [0.29, 0.717) is 12.8 Å². The van der Waals surface area contributed by atoms with Crippen molar-refractivity contribution in [3.05, 3.63) is 0 Å². The van der Waals surface area contributed by atoms with Crippen molar-refractivity contribution >= 4 is 23.9 Å². The van der Waals surface area contributed by atoms with E-state index in [1.165, 1.54) is 6.92 Å². The third-order valence-corrected chi connectivity index (χ3v) is 2.56. The number of amides is 3. The van der Waals surface area contributed by atoms with Gasteiger partial charge in [0.25, 0.3) is 5.91 Å². The summed E-state index contributed by atoms with van der Waals surface area (Å²) in [6.07, 6.45) is -0.266. The summed E-state index contributed by atoms with van der Waals surface area (Å²) in [6, 6.07) is -0.861. The normalized spacial score (nSPS) is 17.7. The predicted octanol–water partition coefficient (Wildman–Crippen LogP) is -1.16. The molecule has 0 unspecified atom stereocenters. The molecule has 0 bridgehead atoms. The number of nitrogens with one attached hydrogen (secondary N) is 2. The summed E-state index contributed by atoms with van der Waals surface area (Å²) in [5.41, 5.74) is 3.87. The van der Waals surface area contributed by atoms with Gasteiger partial charge in [-0.05, 0) is 19.8 Å². The summed E-state index contributed by atoms with van der Waals surface area (Å²) < 4.78 is 4.41. The van der Waals surface area contributed by atoms with E-state index in [1.54, 1.807) is 0 Å². The quantitative estimate of drug-likeness (QED) is 0.331. The van der Waals surface area contributed by atoms with Crippen LogP contribution in [-0.2, 0) is 19.1 Å². The molecule has 106 valence electrons. The minimum absolute atomic E-state index is 0.0373. The Labute approximate surface area is 108 Å². The first-order chi connectivity index (χ1) is 8.97. The Balaban J connectivity index is 2.45. The highest BCUT2D eigenvalue weighted by Crippen LogP contribution is 2.16. The minimum atomic E-state index is -1.20. The van der Waals surface area contributed by atoms with Crippen molar-refractivity contribution in [2.45, 2.75) is 25.8 Å². The zero-order valence-corrected chi connectivity index (χ0v) is 10.3. The van der Waals surface area contributed by atoms with E-state index < -0.39 is 29.9 Å². The van der Waals surface area contributed by atoms with Gasteiger partial charge in [0.2, 0.25) is 0 Å². The second-order valence-corrected chi connectivity index (χ2v) is 3.80. The van der Waals surface area contributed by atoms with Crippen molar-refractivity contribution in [3.8, 4) is 0 Å². The molecule has 0 aromatic heterocycles. The van der Waals surface area contributed by atoms with Gasteiger partial charge < -0.3 is 9.84 Å². The number of ether oxygens (including phenoxy) is 1. The SMILES string of the molecule is CCOC(=O)C(=O)NNC(=O)[C@@H]1CCCN1C(=O)O. The molecule has 1 rings (SSSR count). The van der Waals surface area contributed by atoms with Gasteiger partial charge in [-0.3, -0.25) is 25.3 Å². The maximum Gasteiger partial charge on any atom is 0.407 e. The Morgan fingerprint density at radius 2 is 2.00 bits per heavy atom. The van der Waals surface area contributed by atoms with Gasteiger partial charge in [0.1, 0.15) is 6.04 Å². The molecule has 9 nitrogen and oxygen atoms in total. The standard InChI is InChI=1S/C10H15N3O6/c1-2-19-9(16)8(15)12-11-7(14)6-4-3-5-13(6)10(17)18/h6H,2-5H2,1H3,(H,11,14)(H,12,15)(H,17,18)/t6-/m0/s1. The number of nitrogens with zero attached hydrogens (tertiary/aromatic N) is 1. The van der Waals surface area contributed by atoms with Crippen molar-refractivity contribution in [1.29, 1.82) is 0 Å². The second kappa shape index (κ2) is 6.57. The van der Waals surface area contributed by atoms with E-state index >= 15 is 0 Å². The molecule has 1 fully saturated rings. The lowest BCUT2D eigenvalue weighted by atomic mass is 10.2. The highest BCUT2D eigenvalue weighted by Gasteiger charge is 2.34. The maximum atomic E-state index is 11.7. The molecule has 19 heavy (non-hydrogen) atoms. The van der Waals surface area contributed by atoms with Crippen LogP contribution < -0.4 is 10.9 Å². The van der Waals surface area contributed by atoms with Crippen LogP contribution >= 0.6 is 0 Å². The van der Waals surface area contributed by atoms with E-state index in [-0.39, 0.29) is 13.2 Å². The van der Waals surface area contributed by atoms with E-state index in [9.17, 15) is 19.2 Å². The van der Waals surface area contributed by atoms with Crippen LogP contribution in [0.4, 0.5) is 4.79 Å². The monoisotopic (exact) mass is 273 g/mol. The lowest BCUT2D eigenvalue weighted by molar-refractivity contribution is -0.155. The van der Waals surface area contributed by atoms with Gasteiger partial charge in [-0.25, -0.2) is 9.59 Å². The van der Waals surface area contributed by atoms with Gasteiger partial charge in [-0.15, -0.1) is 0 Å². The fraction of sp³-hybridized carbons (Fsp3) is 0.600. The van der Waals surface area contributed by atoms with Crippen LogP contribution in [0.15, 0.2) is 0 Å². The molecular formula is C10H15N3O6. The largest absolute Gasteiger partial charge is 0.465 e. The van der Waals surface area contributed by atoms with Crippen LogP contribution in [0.3, 0.4) is 0 Å². The van der Waals surface area contributed by atoms with E-state index in [4.69, 9.17) is 5.11 Å². The minimum Gasteiger partial charge on any atom is -0.465 e. The lowest BCUT2D eigenvalue weighted by Gasteiger charge is -2.20. The molecule has 1 aliphatic heterocycles. The Kier molecular flexibility index (Phi) is 5.10. The van der Waals surface area contributed by atoms with Crippen LogP contribution in [0.25, 0.3) is 0 Å². The van der Waals surface area contributed by atoms with Crippen molar-refractivity contribution in [3.63, 3.8) is 0 Å². The number of carboxylic acid groups (broad SMARTS) is 1. The smallest absolute Gasteiger partial charge is 0.407 e. The zero-order chi connectivity index (χ0) is 14.4. The molecule has 1 atom stereocenters. The molecule has 1 heterocycles. The van der Waals surface area contributed by atoms with Crippen LogP contribution in [0.5, 0.6) is 0 Å². The van der Waals surface area contributed by atoms with Crippen LogP contribution in [0.1, 0.15) is 19.8 Å². The van der Waals surface area contributed by atoms with Crippen molar-refractivity contribution in [2.24, 2.45) is 0 Å². The summed E-state index contributed by atoms with van der Waals surface area (Å²) in [5, 5.41) is 8.85. The molecule has 3 amide bonds. The molecule has 1 aliphatic rings. The van der Waals surface area contributed by atoms with Gasteiger partial charge in [-0.1, -0.05) is 0 Å². The van der Waals surface area contributed by atoms with Gasteiger partial charge in [0.15, 0.2) is 0 Å². The topological polar surface area (TPSA) is 125 Å². The predicted molar refractivity (Wildman–Crippen MR) is 60.7 cm³/mol.